The topological polar surface area (TPSA) is 79.8 Å². The fourth-order valence-corrected chi connectivity index (χ4v) is 3.34. The van der Waals surface area contributed by atoms with E-state index in [4.69, 9.17) is 11.6 Å². The van der Waals surface area contributed by atoms with Crippen LogP contribution in [-0.2, 0) is 6.54 Å². The molecule has 8 nitrogen and oxygen atoms in total. The quantitative estimate of drug-likeness (QED) is 0.517. The first kappa shape index (κ1) is 16.7. The molecule has 3 aromatic rings. The van der Waals surface area contributed by atoms with E-state index in [2.05, 4.69) is 19.9 Å². The number of nitro groups is 1. The molecule has 1 aromatic carbocycles. The minimum Gasteiger partial charge on any atom is -0.358 e. The number of imidazole rings is 1. The largest absolute Gasteiger partial charge is 0.368 e. The molecule has 0 radical (unpaired) electrons. The Bertz CT molecular complexity index is 951. The molecular formula is C17H17ClN6O2. The average Bonchev–Trinajstić information content (AvgIpc) is 3.08. The minimum absolute atomic E-state index is 0.126. The van der Waals surface area contributed by atoms with E-state index in [0.29, 0.717) is 5.65 Å². The molecule has 0 atom stereocenters. The highest BCUT2D eigenvalue weighted by molar-refractivity contribution is 6.31. The standard InChI is InChI=1S/C17H17ClN6O2/c18-14-4-2-1-3-13(14)12-21-7-9-22(10-8-21)16-6-5-15-19-11-17(24(25)26)23(15)20-16/h1-6,11H,7-10,12H2. The summed E-state index contributed by atoms with van der Waals surface area (Å²) in [5, 5.41) is 16.3. The maximum atomic E-state index is 11.1. The van der Waals surface area contributed by atoms with Crippen LogP contribution < -0.4 is 4.90 Å². The van der Waals surface area contributed by atoms with E-state index in [9.17, 15) is 10.1 Å². The summed E-state index contributed by atoms with van der Waals surface area (Å²) in [4.78, 5) is 19.1. The van der Waals surface area contributed by atoms with Gasteiger partial charge in [-0.25, -0.2) is 4.98 Å². The molecular weight excluding hydrogens is 356 g/mol. The lowest BCUT2D eigenvalue weighted by molar-refractivity contribution is -0.391. The molecule has 134 valence electrons. The predicted molar refractivity (Wildman–Crippen MR) is 98.6 cm³/mol. The second-order valence-electron chi connectivity index (χ2n) is 6.19. The number of rotatable bonds is 4. The van der Waals surface area contributed by atoms with E-state index in [1.54, 1.807) is 6.07 Å². The van der Waals surface area contributed by atoms with Gasteiger partial charge < -0.3 is 15.0 Å². The zero-order chi connectivity index (χ0) is 18.1. The van der Waals surface area contributed by atoms with Crippen molar-refractivity contribution in [2.45, 2.75) is 6.54 Å². The van der Waals surface area contributed by atoms with Crippen LogP contribution in [0.5, 0.6) is 0 Å². The van der Waals surface area contributed by atoms with Crippen molar-refractivity contribution in [1.29, 1.82) is 0 Å². The van der Waals surface area contributed by atoms with Crippen molar-refractivity contribution in [2.75, 3.05) is 31.1 Å². The first-order valence-electron chi connectivity index (χ1n) is 8.32. The first-order valence-corrected chi connectivity index (χ1v) is 8.69. The van der Waals surface area contributed by atoms with Gasteiger partial charge in [-0.05, 0) is 22.6 Å². The molecule has 1 saturated heterocycles. The average molecular weight is 373 g/mol. The molecule has 1 aliphatic heterocycles. The Labute approximate surface area is 154 Å². The molecule has 0 unspecified atom stereocenters. The molecule has 0 aliphatic carbocycles. The third kappa shape index (κ3) is 3.21. The highest BCUT2D eigenvalue weighted by Gasteiger charge is 2.22. The van der Waals surface area contributed by atoms with Gasteiger partial charge in [-0.2, -0.15) is 0 Å². The first-order chi connectivity index (χ1) is 12.6. The second-order valence-corrected chi connectivity index (χ2v) is 6.60. The van der Waals surface area contributed by atoms with Crippen LogP contribution in [0.25, 0.3) is 5.65 Å². The summed E-state index contributed by atoms with van der Waals surface area (Å²) in [6.45, 7) is 4.15. The van der Waals surface area contributed by atoms with Gasteiger partial charge in [-0.15, -0.1) is 0 Å². The number of aromatic nitrogens is 3. The number of piperazine rings is 1. The molecule has 1 fully saturated rings. The second kappa shape index (κ2) is 6.89. The zero-order valence-corrected chi connectivity index (χ0v) is 14.7. The molecule has 9 heteroatoms. The molecule has 0 bridgehead atoms. The van der Waals surface area contributed by atoms with Crippen LogP contribution in [0.1, 0.15) is 5.56 Å². The number of hydrogen-bond acceptors (Lipinski definition) is 6. The van der Waals surface area contributed by atoms with Crippen LogP contribution in [0.4, 0.5) is 11.6 Å². The Morgan fingerprint density at radius 3 is 2.62 bits per heavy atom. The molecule has 0 N–H and O–H groups in total. The Balaban J connectivity index is 1.46. The highest BCUT2D eigenvalue weighted by atomic mass is 35.5. The number of benzene rings is 1. The van der Waals surface area contributed by atoms with E-state index in [1.165, 1.54) is 10.7 Å². The zero-order valence-electron chi connectivity index (χ0n) is 14.0. The van der Waals surface area contributed by atoms with E-state index in [1.807, 2.05) is 30.3 Å². The van der Waals surface area contributed by atoms with Crippen LogP contribution in [0.3, 0.4) is 0 Å². The van der Waals surface area contributed by atoms with Crippen molar-refractivity contribution in [1.82, 2.24) is 19.5 Å². The number of fused-ring (bicyclic) bond motifs is 1. The Kier molecular flexibility index (Phi) is 4.44. The van der Waals surface area contributed by atoms with Crippen molar-refractivity contribution in [3.63, 3.8) is 0 Å². The van der Waals surface area contributed by atoms with Crippen molar-refractivity contribution in [3.8, 4) is 0 Å². The SMILES string of the molecule is O=[N+]([O-])c1cnc2ccc(N3CCN(Cc4ccccc4Cl)CC3)nn12. The summed E-state index contributed by atoms with van der Waals surface area (Å²) >= 11 is 6.24. The fourth-order valence-electron chi connectivity index (χ4n) is 3.15. The number of nitrogens with zero attached hydrogens (tertiary/aromatic N) is 6. The van der Waals surface area contributed by atoms with E-state index in [0.717, 1.165) is 49.1 Å². The Hall–Kier alpha value is -2.71. The van der Waals surface area contributed by atoms with Gasteiger partial charge >= 0.3 is 5.82 Å². The normalized spacial score (nSPS) is 15.5. The smallest absolute Gasteiger partial charge is 0.358 e. The van der Waals surface area contributed by atoms with Gasteiger partial charge in [-0.1, -0.05) is 39.4 Å². The lowest BCUT2D eigenvalue weighted by Gasteiger charge is -2.35. The summed E-state index contributed by atoms with van der Waals surface area (Å²) in [6, 6.07) is 11.5. The molecule has 2 aromatic heterocycles. The Morgan fingerprint density at radius 2 is 1.88 bits per heavy atom. The fraction of sp³-hybridized carbons (Fsp3) is 0.294. The minimum atomic E-state index is -0.474. The van der Waals surface area contributed by atoms with Gasteiger partial charge in [0.2, 0.25) is 5.65 Å². The van der Waals surface area contributed by atoms with Crippen molar-refractivity contribution >= 4 is 28.9 Å². The lowest BCUT2D eigenvalue weighted by Crippen LogP contribution is -2.46. The Morgan fingerprint density at radius 1 is 1.12 bits per heavy atom. The maximum Gasteiger partial charge on any atom is 0.368 e. The van der Waals surface area contributed by atoms with Gasteiger partial charge in [0, 0.05) is 43.8 Å². The highest BCUT2D eigenvalue weighted by Crippen LogP contribution is 2.21. The maximum absolute atomic E-state index is 11.1. The van der Waals surface area contributed by atoms with Gasteiger partial charge in [0.25, 0.3) is 0 Å². The van der Waals surface area contributed by atoms with Gasteiger partial charge in [-0.3, -0.25) is 4.90 Å². The van der Waals surface area contributed by atoms with Crippen LogP contribution in [-0.4, -0.2) is 50.6 Å². The molecule has 26 heavy (non-hydrogen) atoms. The van der Waals surface area contributed by atoms with Crippen LogP contribution in [0.15, 0.2) is 42.6 Å². The van der Waals surface area contributed by atoms with Crippen LogP contribution >= 0.6 is 11.6 Å². The van der Waals surface area contributed by atoms with Crippen LogP contribution in [0, 0.1) is 10.1 Å². The molecule has 0 amide bonds. The van der Waals surface area contributed by atoms with E-state index >= 15 is 0 Å². The summed E-state index contributed by atoms with van der Waals surface area (Å²) in [6.07, 6.45) is 1.23. The van der Waals surface area contributed by atoms with Crippen molar-refractivity contribution < 1.29 is 4.92 Å². The summed E-state index contributed by atoms with van der Waals surface area (Å²) in [5.74, 6) is 0.593. The molecule has 4 rings (SSSR count). The number of anilines is 1. The third-order valence-corrected chi connectivity index (χ3v) is 4.93. The summed E-state index contributed by atoms with van der Waals surface area (Å²) in [7, 11) is 0. The van der Waals surface area contributed by atoms with Crippen LogP contribution in [0.2, 0.25) is 5.02 Å². The van der Waals surface area contributed by atoms with Crippen molar-refractivity contribution in [3.05, 3.63) is 63.3 Å². The van der Waals surface area contributed by atoms with E-state index in [-0.39, 0.29) is 5.82 Å². The monoisotopic (exact) mass is 372 g/mol. The molecule has 0 saturated carbocycles. The third-order valence-electron chi connectivity index (χ3n) is 4.57. The lowest BCUT2D eigenvalue weighted by atomic mass is 10.2. The summed E-state index contributed by atoms with van der Waals surface area (Å²) < 4.78 is 1.28. The van der Waals surface area contributed by atoms with Gasteiger partial charge in [0.05, 0.1) is 0 Å². The molecule has 3 heterocycles. The van der Waals surface area contributed by atoms with Gasteiger partial charge in [0.15, 0.2) is 5.82 Å². The summed E-state index contributed by atoms with van der Waals surface area (Å²) in [5.41, 5.74) is 1.59. The number of hydrogen-bond donors (Lipinski definition) is 0. The van der Waals surface area contributed by atoms with E-state index < -0.39 is 4.92 Å². The number of halogens is 1. The predicted octanol–water partition coefficient (Wildman–Crippen LogP) is 2.61. The molecule has 1 aliphatic rings. The molecule has 0 spiro atoms. The van der Waals surface area contributed by atoms with Gasteiger partial charge in [0.1, 0.15) is 6.20 Å². The van der Waals surface area contributed by atoms with Crippen molar-refractivity contribution in [2.24, 2.45) is 0 Å².